The van der Waals surface area contributed by atoms with Gasteiger partial charge in [0.25, 0.3) is 5.91 Å². The minimum absolute atomic E-state index is 0.0576. The molecular formula is C23H29N5O. The summed E-state index contributed by atoms with van der Waals surface area (Å²) in [5.41, 5.74) is 2.65. The third kappa shape index (κ3) is 3.73. The molecule has 1 amide bonds. The first-order valence-electron chi connectivity index (χ1n) is 11.0. The zero-order chi connectivity index (χ0) is 19.6. The van der Waals surface area contributed by atoms with Crippen LogP contribution in [-0.4, -0.2) is 59.8 Å². The Hall–Kier alpha value is -2.47. The van der Waals surface area contributed by atoms with Gasteiger partial charge in [-0.1, -0.05) is 24.6 Å². The molecule has 2 saturated heterocycles. The number of benzene rings is 1. The Bertz CT molecular complexity index is 854. The van der Waals surface area contributed by atoms with Gasteiger partial charge in [-0.25, -0.2) is 0 Å². The number of carbonyl (C=O) groups is 1. The first-order valence-corrected chi connectivity index (χ1v) is 11.0. The predicted molar refractivity (Wildman–Crippen MR) is 115 cm³/mol. The van der Waals surface area contributed by atoms with E-state index in [0.29, 0.717) is 12.2 Å². The Morgan fingerprint density at radius 2 is 1.66 bits per heavy atom. The van der Waals surface area contributed by atoms with E-state index in [0.717, 1.165) is 37.1 Å². The lowest BCUT2D eigenvalue weighted by Crippen LogP contribution is -2.47. The van der Waals surface area contributed by atoms with Gasteiger partial charge in [-0.3, -0.25) is 4.79 Å². The van der Waals surface area contributed by atoms with Gasteiger partial charge < -0.3 is 14.7 Å². The molecule has 0 spiro atoms. The largest absolute Gasteiger partial charge is 0.355 e. The van der Waals surface area contributed by atoms with Crippen LogP contribution in [-0.2, 0) is 6.42 Å². The number of piperidine rings is 2. The number of aromatic nitrogens is 2. The summed E-state index contributed by atoms with van der Waals surface area (Å²) in [4.78, 5) is 19.7. The molecule has 0 atom stereocenters. The van der Waals surface area contributed by atoms with Crippen molar-refractivity contribution in [2.45, 2.75) is 44.6 Å². The van der Waals surface area contributed by atoms with Crippen molar-refractivity contribution < 1.29 is 4.79 Å². The second-order valence-corrected chi connectivity index (χ2v) is 8.43. The van der Waals surface area contributed by atoms with Crippen LogP contribution in [0.5, 0.6) is 0 Å². The third-order valence-electron chi connectivity index (χ3n) is 6.70. The lowest BCUT2D eigenvalue weighted by molar-refractivity contribution is 0.0983. The molecule has 0 N–H and O–H groups in total. The SMILES string of the molecule is O=C(c1ccc(N2CCC(N3CCCCC3)CC2)nn1)N1CCc2ccccc21. The monoisotopic (exact) mass is 391 g/mol. The molecule has 3 aliphatic heterocycles. The highest BCUT2D eigenvalue weighted by molar-refractivity contribution is 6.06. The van der Waals surface area contributed by atoms with Gasteiger partial charge in [0.05, 0.1) is 0 Å². The molecule has 5 rings (SSSR count). The molecule has 4 heterocycles. The molecule has 1 aromatic heterocycles. The van der Waals surface area contributed by atoms with Gasteiger partial charge in [-0.05, 0) is 69.0 Å². The lowest BCUT2D eigenvalue weighted by Gasteiger charge is -2.40. The van der Waals surface area contributed by atoms with Crippen molar-refractivity contribution in [1.82, 2.24) is 15.1 Å². The fraction of sp³-hybridized carbons (Fsp3) is 0.522. The summed E-state index contributed by atoms with van der Waals surface area (Å²) in [5, 5.41) is 8.69. The molecule has 0 bridgehead atoms. The van der Waals surface area contributed by atoms with E-state index in [2.05, 4.69) is 26.1 Å². The predicted octanol–water partition coefficient (Wildman–Crippen LogP) is 3.13. The van der Waals surface area contributed by atoms with Crippen LogP contribution in [0.4, 0.5) is 11.5 Å². The maximum absolute atomic E-state index is 12.9. The van der Waals surface area contributed by atoms with Crippen LogP contribution >= 0.6 is 0 Å². The molecule has 29 heavy (non-hydrogen) atoms. The summed E-state index contributed by atoms with van der Waals surface area (Å²) in [6.45, 7) is 5.28. The van der Waals surface area contributed by atoms with Gasteiger partial charge in [-0.15, -0.1) is 10.2 Å². The Kier molecular flexibility index (Phi) is 5.19. The summed E-state index contributed by atoms with van der Waals surface area (Å²) < 4.78 is 0. The second kappa shape index (κ2) is 8.11. The number of hydrogen-bond acceptors (Lipinski definition) is 5. The fourth-order valence-corrected chi connectivity index (χ4v) is 5.04. The highest BCUT2D eigenvalue weighted by Crippen LogP contribution is 2.29. The molecule has 2 fully saturated rings. The number of fused-ring (bicyclic) bond motifs is 1. The minimum Gasteiger partial charge on any atom is -0.355 e. The molecular weight excluding hydrogens is 362 g/mol. The van der Waals surface area contributed by atoms with Gasteiger partial charge in [0.2, 0.25) is 0 Å². The number of para-hydroxylation sites is 1. The number of nitrogens with zero attached hydrogens (tertiary/aromatic N) is 5. The number of rotatable bonds is 3. The van der Waals surface area contributed by atoms with E-state index in [1.807, 2.05) is 35.2 Å². The van der Waals surface area contributed by atoms with Crippen LogP contribution in [0.15, 0.2) is 36.4 Å². The maximum atomic E-state index is 12.9. The molecule has 2 aromatic rings. The molecule has 0 saturated carbocycles. The van der Waals surface area contributed by atoms with Crippen molar-refractivity contribution in [3.8, 4) is 0 Å². The van der Waals surface area contributed by atoms with E-state index in [1.54, 1.807) is 0 Å². The highest BCUT2D eigenvalue weighted by atomic mass is 16.2. The minimum atomic E-state index is -0.0576. The van der Waals surface area contributed by atoms with Crippen molar-refractivity contribution in [2.75, 3.05) is 42.5 Å². The van der Waals surface area contributed by atoms with Gasteiger partial charge >= 0.3 is 0 Å². The fourth-order valence-electron chi connectivity index (χ4n) is 5.04. The van der Waals surface area contributed by atoms with Crippen LogP contribution in [0.1, 0.15) is 48.2 Å². The quantitative estimate of drug-likeness (QED) is 0.805. The normalized spacial score (nSPS) is 20.7. The Morgan fingerprint density at radius 3 is 2.41 bits per heavy atom. The van der Waals surface area contributed by atoms with Gasteiger partial charge in [0, 0.05) is 31.4 Å². The van der Waals surface area contributed by atoms with Crippen LogP contribution in [0.3, 0.4) is 0 Å². The van der Waals surface area contributed by atoms with E-state index in [1.165, 1.54) is 50.8 Å². The zero-order valence-corrected chi connectivity index (χ0v) is 17.0. The standard InChI is InChI=1S/C23H29N5O/c29-23(28-17-10-18-6-2-3-7-21(18)28)20-8-9-22(25-24-20)27-15-11-19(12-16-27)26-13-4-1-5-14-26/h2-3,6-9,19H,1,4-5,10-17H2. The molecule has 0 unspecified atom stereocenters. The Labute approximate surface area is 172 Å². The zero-order valence-electron chi connectivity index (χ0n) is 17.0. The van der Waals surface area contributed by atoms with Crippen molar-refractivity contribution in [2.24, 2.45) is 0 Å². The van der Waals surface area contributed by atoms with Crippen molar-refractivity contribution >= 4 is 17.4 Å². The van der Waals surface area contributed by atoms with Gasteiger partial charge in [-0.2, -0.15) is 0 Å². The second-order valence-electron chi connectivity index (χ2n) is 8.43. The van der Waals surface area contributed by atoms with Crippen LogP contribution in [0.25, 0.3) is 0 Å². The Balaban J connectivity index is 1.21. The van der Waals surface area contributed by atoms with Crippen LogP contribution in [0.2, 0.25) is 0 Å². The summed E-state index contributed by atoms with van der Waals surface area (Å²) in [6, 6.07) is 12.6. The number of carbonyl (C=O) groups excluding carboxylic acids is 1. The molecule has 152 valence electrons. The smallest absolute Gasteiger partial charge is 0.278 e. The van der Waals surface area contributed by atoms with Gasteiger partial charge in [0.1, 0.15) is 0 Å². The van der Waals surface area contributed by atoms with E-state index in [9.17, 15) is 4.79 Å². The summed E-state index contributed by atoms with van der Waals surface area (Å²) in [5.74, 6) is 0.832. The number of hydrogen-bond donors (Lipinski definition) is 0. The summed E-state index contributed by atoms with van der Waals surface area (Å²) in [7, 11) is 0. The summed E-state index contributed by atoms with van der Waals surface area (Å²) >= 11 is 0. The van der Waals surface area contributed by atoms with Crippen molar-refractivity contribution in [3.63, 3.8) is 0 Å². The molecule has 6 heteroatoms. The van der Waals surface area contributed by atoms with E-state index >= 15 is 0 Å². The summed E-state index contributed by atoms with van der Waals surface area (Å²) in [6.07, 6.45) is 7.36. The molecule has 3 aliphatic rings. The lowest BCUT2D eigenvalue weighted by atomic mass is 10.00. The number of amides is 1. The topological polar surface area (TPSA) is 52.6 Å². The number of anilines is 2. The average Bonchev–Trinajstić information content (AvgIpc) is 3.24. The van der Waals surface area contributed by atoms with E-state index in [-0.39, 0.29) is 5.91 Å². The van der Waals surface area contributed by atoms with Crippen LogP contribution in [0, 0.1) is 0 Å². The van der Waals surface area contributed by atoms with Crippen LogP contribution < -0.4 is 9.80 Å². The molecule has 0 aliphatic carbocycles. The Morgan fingerprint density at radius 1 is 0.862 bits per heavy atom. The molecule has 0 radical (unpaired) electrons. The first kappa shape index (κ1) is 18.6. The average molecular weight is 392 g/mol. The van der Waals surface area contributed by atoms with E-state index in [4.69, 9.17) is 0 Å². The molecule has 6 nitrogen and oxygen atoms in total. The maximum Gasteiger partial charge on any atom is 0.278 e. The third-order valence-corrected chi connectivity index (χ3v) is 6.70. The molecule has 1 aromatic carbocycles. The highest BCUT2D eigenvalue weighted by Gasteiger charge is 2.28. The van der Waals surface area contributed by atoms with E-state index < -0.39 is 0 Å². The first-order chi connectivity index (χ1) is 14.3. The van der Waals surface area contributed by atoms with Gasteiger partial charge in [0.15, 0.2) is 11.5 Å². The van der Waals surface area contributed by atoms with Crippen molar-refractivity contribution in [1.29, 1.82) is 0 Å². The van der Waals surface area contributed by atoms with Crippen molar-refractivity contribution in [3.05, 3.63) is 47.7 Å². The number of likely N-dealkylation sites (tertiary alicyclic amines) is 1.